The van der Waals surface area contributed by atoms with E-state index in [-0.39, 0.29) is 23.6 Å². The fourth-order valence-corrected chi connectivity index (χ4v) is 5.05. The van der Waals surface area contributed by atoms with Gasteiger partial charge in [-0.1, -0.05) is 54.6 Å². The van der Waals surface area contributed by atoms with Crippen molar-refractivity contribution in [2.75, 3.05) is 6.61 Å². The van der Waals surface area contributed by atoms with Gasteiger partial charge in [-0.15, -0.1) is 5.10 Å². The second-order valence-electron chi connectivity index (χ2n) is 10.4. The fourth-order valence-electron chi connectivity index (χ4n) is 5.05. The van der Waals surface area contributed by atoms with Crippen LogP contribution in [0.5, 0.6) is 0 Å². The summed E-state index contributed by atoms with van der Waals surface area (Å²) < 4.78 is 39.0. The molecule has 5 aromatic rings. The molecule has 0 N–H and O–H groups in total. The first-order chi connectivity index (χ1) is 22.4. The molecule has 0 spiro atoms. The summed E-state index contributed by atoms with van der Waals surface area (Å²) >= 11 is 0. The number of hydrogen-bond donors (Lipinski definition) is 0. The van der Waals surface area contributed by atoms with Gasteiger partial charge in [0.2, 0.25) is 0 Å². The first kappa shape index (κ1) is 30.4. The summed E-state index contributed by atoms with van der Waals surface area (Å²) in [6.07, 6.45) is -4.68. The maximum atomic E-state index is 13.6. The lowest BCUT2D eigenvalue weighted by atomic mass is 10.1. The van der Waals surface area contributed by atoms with Crippen LogP contribution in [0.3, 0.4) is 0 Å². The normalized spacial score (nSPS) is 18.9. The van der Waals surface area contributed by atoms with Crippen molar-refractivity contribution >= 4 is 17.9 Å². The van der Waals surface area contributed by atoms with Crippen molar-refractivity contribution in [1.29, 1.82) is 0 Å². The van der Waals surface area contributed by atoms with E-state index in [2.05, 4.69) is 10.1 Å². The van der Waals surface area contributed by atoms with Crippen LogP contribution in [-0.2, 0) is 18.9 Å². The highest BCUT2D eigenvalue weighted by atomic mass is 19.1. The molecule has 1 aliphatic heterocycles. The Balaban J connectivity index is 1.36. The Labute approximate surface area is 263 Å². The van der Waals surface area contributed by atoms with Crippen molar-refractivity contribution in [2.45, 2.75) is 31.3 Å². The van der Waals surface area contributed by atoms with E-state index in [9.17, 15) is 18.8 Å². The van der Waals surface area contributed by atoms with Gasteiger partial charge in [0.05, 0.1) is 22.4 Å². The highest BCUT2D eigenvalue weighted by Crippen LogP contribution is 2.38. The van der Waals surface area contributed by atoms with Crippen molar-refractivity contribution in [1.82, 2.24) is 14.8 Å². The lowest BCUT2D eigenvalue weighted by Gasteiger charge is -2.24. The van der Waals surface area contributed by atoms with E-state index >= 15 is 0 Å². The maximum Gasteiger partial charge on any atom is 0.338 e. The molecular weight excluding hydrogens is 593 g/mol. The molecule has 0 radical (unpaired) electrons. The third-order valence-electron chi connectivity index (χ3n) is 7.31. The third-order valence-corrected chi connectivity index (χ3v) is 7.31. The second-order valence-corrected chi connectivity index (χ2v) is 10.4. The van der Waals surface area contributed by atoms with Gasteiger partial charge < -0.3 is 18.9 Å². The molecule has 0 aliphatic carbocycles. The number of ether oxygens (including phenoxy) is 4. The Morgan fingerprint density at radius 3 is 1.76 bits per heavy atom. The maximum absolute atomic E-state index is 13.6. The predicted octanol–water partition coefficient (Wildman–Crippen LogP) is 5.46. The van der Waals surface area contributed by atoms with Crippen LogP contribution in [0.1, 0.15) is 48.8 Å². The Morgan fingerprint density at radius 2 is 1.22 bits per heavy atom. The molecule has 1 saturated heterocycles. The first-order valence-corrected chi connectivity index (χ1v) is 14.5. The van der Waals surface area contributed by atoms with Crippen LogP contribution in [0.4, 0.5) is 4.39 Å². The van der Waals surface area contributed by atoms with E-state index < -0.39 is 48.1 Å². The SMILES string of the molecule is Cc1nc([C@@H]2O[C@H](COC(=O)c3ccccc3)[C@@H](OC(=O)c3ccccc3)[C@H]2OC(=O)c2ccccc2)nn1-c1ccc(F)cc1. The molecule has 0 bridgehead atoms. The zero-order valence-corrected chi connectivity index (χ0v) is 24.6. The van der Waals surface area contributed by atoms with Gasteiger partial charge >= 0.3 is 17.9 Å². The number of esters is 3. The number of nitrogens with zero attached hydrogens (tertiary/aromatic N) is 3. The van der Waals surface area contributed by atoms with Crippen LogP contribution >= 0.6 is 0 Å². The van der Waals surface area contributed by atoms with E-state index in [1.165, 1.54) is 16.8 Å². The molecular formula is C35H28FN3O7. The summed E-state index contributed by atoms with van der Waals surface area (Å²) in [6.45, 7) is 1.36. The molecule has 6 rings (SSSR count). The summed E-state index contributed by atoms with van der Waals surface area (Å²) in [5, 5.41) is 4.59. The minimum atomic E-state index is -1.25. The molecule has 232 valence electrons. The summed E-state index contributed by atoms with van der Waals surface area (Å²) in [4.78, 5) is 44.1. The van der Waals surface area contributed by atoms with Crippen molar-refractivity contribution in [3.05, 3.63) is 149 Å². The van der Waals surface area contributed by atoms with Gasteiger partial charge in [-0.25, -0.2) is 28.4 Å². The summed E-state index contributed by atoms with van der Waals surface area (Å²) in [7, 11) is 0. The van der Waals surface area contributed by atoms with Gasteiger partial charge in [-0.05, 0) is 67.6 Å². The smallest absolute Gasteiger partial charge is 0.338 e. The van der Waals surface area contributed by atoms with Gasteiger partial charge in [0.1, 0.15) is 24.4 Å². The minimum absolute atomic E-state index is 0.116. The van der Waals surface area contributed by atoms with Crippen molar-refractivity contribution < 1.29 is 37.7 Å². The average Bonchev–Trinajstić information content (AvgIpc) is 3.64. The topological polar surface area (TPSA) is 119 Å². The molecule has 0 saturated carbocycles. The number of halogens is 1. The van der Waals surface area contributed by atoms with Gasteiger partial charge in [0.15, 0.2) is 24.1 Å². The van der Waals surface area contributed by atoms with Crippen LogP contribution in [-0.4, -0.2) is 57.6 Å². The molecule has 2 heterocycles. The van der Waals surface area contributed by atoms with Crippen molar-refractivity contribution in [2.24, 2.45) is 0 Å². The zero-order chi connectivity index (χ0) is 32.0. The predicted molar refractivity (Wildman–Crippen MR) is 162 cm³/mol. The summed E-state index contributed by atoms with van der Waals surface area (Å²) in [6, 6.07) is 30.7. The monoisotopic (exact) mass is 621 g/mol. The van der Waals surface area contributed by atoms with E-state index in [1.807, 2.05) is 0 Å². The number of hydrogen-bond acceptors (Lipinski definition) is 9. The molecule has 1 aliphatic rings. The number of carbonyl (C=O) groups excluding carboxylic acids is 3. The zero-order valence-electron chi connectivity index (χ0n) is 24.6. The molecule has 1 fully saturated rings. The Morgan fingerprint density at radius 1 is 0.717 bits per heavy atom. The second kappa shape index (κ2) is 13.5. The lowest BCUT2D eigenvalue weighted by molar-refractivity contribution is -0.0454. The molecule has 0 unspecified atom stereocenters. The highest BCUT2D eigenvalue weighted by molar-refractivity contribution is 5.91. The Bertz CT molecular complexity index is 1820. The van der Waals surface area contributed by atoms with Gasteiger partial charge in [-0.2, -0.15) is 0 Å². The quantitative estimate of drug-likeness (QED) is 0.156. The molecule has 11 heteroatoms. The van der Waals surface area contributed by atoms with Crippen LogP contribution in [0, 0.1) is 12.7 Å². The number of aromatic nitrogens is 3. The summed E-state index contributed by atoms with van der Waals surface area (Å²) in [5.41, 5.74) is 1.37. The molecule has 4 aromatic carbocycles. The van der Waals surface area contributed by atoms with Crippen molar-refractivity contribution in [3.8, 4) is 5.69 Å². The highest BCUT2D eigenvalue weighted by Gasteiger charge is 2.52. The molecule has 1 aromatic heterocycles. The third kappa shape index (κ3) is 6.69. The number of rotatable bonds is 9. The van der Waals surface area contributed by atoms with Crippen LogP contribution in [0.15, 0.2) is 115 Å². The van der Waals surface area contributed by atoms with E-state index in [4.69, 9.17) is 18.9 Å². The van der Waals surface area contributed by atoms with E-state index in [0.717, 1.165) is 0 Å². The first-order valence-electron chi connectivity index (χ1n) is 14.5. The van der Waals surface area contributed by atoms with Crippen LogP contribution < -0.4 is 0 Å². The molecule has 0 amide bonds. The number of carbonyl (C=O) groups is 3. The number of benzene rings is 4. The number of aryl methyl sites for hydroxylation is 1. The van der Waals surface area contributed by atoms with E-state index in [1.54, 1.807) is 110 Å². The fraction of sp³-hybridized carbons (Fsp3) is 0.171. The van der Waals surface area contributed by atoms with Gasteiger partial charge in [0.25, 0.3) is 0 Å². The van der Waals surface area contributed by atoms with Crippen LogP contribution in [0.25, 0.3) is 5.69 Å². The molecule has 10 nitrogen and oxygen atoms in total. The molecule has 4 atom stereocenters. The largest absolute Gasteiger partial charge is 0.459 e. The van der Waals surface area contributed by atoms with Crippen molar-refractivity contribution in [3.63, 3.8) is 0 Å². The van der Waals surface area contributed by atoms with Gasteiger partial charge in [0, 0.05) is 0 Å². The minimum Gasteiger partial charge on any atom is -0.459 e. The standard InChI is InChI=1S/C35H28FN3O7/c1-22-37-32(38-39(22)27-19-17-26(36)18-20-27)31-30(46-35(42)25-15-9-4-10-16-25)29(45-34(41)24-13-7-3-8-14-24)28(44-31)21-43-33(40)23-11-5-2-6-12-23/h2-20,28-31H,21H2,1H3/t28-,29-,30-,31-/m1/s1. The van der Waals surface area contributed by atoms with Gasteiger partial charge in [-0.3, -0.25) is 0 Å². The summed E-state index contributed by atoms with van der Waals surface area (Å²) in [5.74, 6) is -1.87. The van der Waals surface area contributed by atoms with Crippen LogP contribution in [0.2, 0.25) is 0 Å². The Hall–Kier alpha value is -5.68. The Kier molecular flexibility index (Phi) is 8.93. The molecule has 46 heavy (non-hydrogen) atoms. The average molecular weight is 622 g/mol. The lowest BCUT2D eigenvalue weighted by Crippen LogP contribution is -2.41. The van der Waals surface area contributed by atoms with E-state index in [0.29, 0.717) is 17.1 Å².